The molecule has 1 aromatic carbocycles. The van der Waals surface area contributed by atoms with Crippen LogP contribution in [0.5, 0.6) is 0 Å². The fraction of sp³-hybridized carbons (Fsp3) is 0. The largest absolute Gasteiger partial charge is 0.452 e. The van der Waals surface area contributed by atoms with Gasteiger partial charge in [-0.25, -0.2) is 4.39 Å². The molecule has 3 aromatic rings. The summed E-state index contributed by atoms with van der Waals surface area (Å²) in [6, 6.07) is 7.83. The summed E-state index contributed by atoms with van der Waals surface area (Å²) in [5.74, 6) is -0.393. The Morgan fingerprint density at radius 1 is 1.16 bits per heavy atom. The second-order valence-corrected chi connectivity index (χ2v) is 4.20. The molecule has 0 aliphatic heterocycles. The Bertz CT molecular complexity index is 736. The van der Waals surface area contributed by atoms with Crippen LogP contribution in [0.1, 0.15) is 0 Å². The molecule has 0 fully saturated rings. The maximum Gasteiger partial charge on any atom is 0.230 e. The van der Waals surface area contributed by atoms with Crippen LogP contribution in [0.2, 0.25) is 5.22 Å². The number of nitrogen functional groups attached to an aromatic ring is 1. The third-order valence-electron chi connectivity index (χ3n) is 2.73. The third kappa shape index (κ3) is 1.88. The molecule has 0 amide bonds. The van der Waals surface area contributed by atoms with Gasteiger partial charge in [0.25, 0.3) is 0 Å². The van der Waals surface area contributed by atoms with E-state index in [9.17, 15) is 4.39 Å². The van der Waals surface area contributed by atoms with Crippen LogP contribution in [0.3, 0.4) is 0 Å². The molecule has 2 aromatic heterocycles. The van der Waals surface area contributed by atoms with Crippen molar-refractivity contribution in [1.29, 1.82) is 0 Å². The van der Waals surface area contributed by atoms with E-state index in [1.165, 1.54) is 12.3 Å². The number of rotatable bonds is 2. The zero-order chi connectivity index (χ0) is 13.4. The summed E-state index contributed by atoms with van der Waals surface area (Å²) < 4.78 is 23.8. The summed E-state index contributed by atoms with van der Waals surface area (Å²) in [4.78, 5) is 0. The molecule has 0 aliphatic rings. The number of hydrogen-bond donors (Lipinski definition) is 1. The van der Waals surface area contributed by atoms with Crippen LogP contribution in [0.15, 0.2) is 45.5 Å². The van der Waals surface area contributed by atoms with Crippen LogP contribution >= 0.6 is 11.6 Å². The number of halogens is 2. The quantitative estimate of drug-likeness (QED) is 0.770. The van der Waals surface area contributed by atoms with Gasteiger partial charge in [0.1, 0.15) is 11.5 Å². The minimum Gasteiger partial charge on any atom is -0.452 e. The highest BCUT2D eigenvalue weighted by atomic mass is 35.5. The van der Waals surface area contributed by atoms with Gasteiger partial charge in [0.2, 0.25) is 11.1 Å². The highest BCUT2D eigenvalue weighted by Crippen LogP contribution is 2.40. The summed E-state index contributed by atoms with van der Waals surface area (Å²) in [6.45, 7) is 0. The van der Waals surface area contributed by atoms with E-state index in [2.05, 4.69) is 5.16 Å². The van der Waals surface area contributed by atoms with E-state index in [-0.39, 0.29) is 11.1 Å². The molecule has 0 unspecified atom stereocenters. The van der Waals surface area contributed by atoms with Crippen LogP contribution in [0.4, 0.5) is 10.3 Å². The first-order chi connectivity index (χ1) is 9.18. The average Bonchev–Trinajstić information content (AvgIpc) is 2.96. The van der Waals surface area contributed by atoms with Crippen LogP contribution in [0.25, 0.3) is 22.4 Å². The fourth-order valence-electron chi connectivity index (χ4n) is 1.87. The van der Waals surface area contributed by atoms with Crippen molar-refractivity contribution >= 4 is 17.5 Å². The van der Waals surface area contributed by atoms with Crippen molar-refractivity contribution in [2.24, 2.45) is 0 Å². The number of nitrogens with two attached hydrogens (primary N) is 1. The van der Waals surface area contributed by atoms with Crippen LogP contribution in [-0.4, -0.2) is 5.16 Å². The Morgan fingerprint density at radius 3 is 2.63 bits per heavy atom. The highest BCUT2D eigenvalue weighted by Gasteiger charge is 2.22. The SMILES string of the molecule is Nc1onc(-c2ccoc2Cl)c1-c1ccccc1F. The third-order valence-corrected chi connectivity index (χ3v) is 3.03. The molecule has 3 rings (SSSR count). The number of aromatic nitrogens is 1. The Labute approximate surface area is 112 Å². The van der Waals surface area contributed by atoms with Gasteiger partial charge in [0.15, 0.2) is 0 Å². The molecule has 0 saturated carbocycles. The van der Waals surface area contributed by atoms with Gasteiger partial charge in [0, 0.05) is 5.56 Å². The van der Waals surface area contributed by atoms with Gasteiger partial charge >= 0.3 is 0 Å². The first kappa shape index (κ1) is 11.8. The summed E-state index contributed by atoms with van der Waals surface area (Å²) in [5, 5.41) is 3.97. The van der Waals surface area contributed by atoms with E-state index in [1.54, 1.807) is 24.3 Å². The Balaban J connectivity index is 2.26. The zero-order valence-electron chi connectivity index (χ0n) is 9.56. The fourth-order valence-corrected chi connectivity index (χ4v) is 2.08. The number of furan rings is 1. The Morgan fingerprint density at radius 2 is 1.95 bits per heavy atom. The van der Waals surface area contributed by atoms with E-state index in [0.717, 1.165) is 0 Å². The summed E-state index contributed by atoms with van der Waals surface area (Å²) in [7, 11) is 0. The molecule has 2 N–H and O–H groups in total. The summed E-state index contributed by atoms with van der Waals surface area (Å²) >= 11 is 5.90. The van der Waals surface area contributed by atoms with Crippen molar-refractivity contribution < 1.29 is 13.3 Å². The van der Waals surface area contributed by atoms with Gasteiger partial charge in [-0.2, -0.15) is 0 Å². The lowest BCUT2D eigenvalue weighted by Crippen LogP contribution is -1.90. The van der Waals surface area contributed by atoms with Gasteiger partial charge in [0.05, 0.1) is 17.4 Å². The summed E-state index contributed by atoms with van der Waals surface area (Å²) in [5.41, 5.74) is 7.24. The van der Waals surface area contributed by atoms with Crippen LogP contribution < -0.4 is 5.73 Å². The zero-order valence-corrected chi connectivity index (χ0v) is 10.3. The van der Waals surface area contributed by atoms with Crippen LogP contribution in [0, 0.1) is 5.82 Å². The maximum atomic E-state index is 13.9. The minimum absolute atomic E-state index is 0.0253. The molecule has 2 heterocycles. The molecular formula is C13H8ClFN2O2. The Hall–Kier alpha value is -2.27. The van der Waals surface area contributed by atoms with E-state index in [0.29, 0.717) is 22.4 Å². The molecule has 0 aliphatic carbocycles. The maximum absolute atomic E-state index is 13.9. The molecular weight excluding hydrogens is 271 g/mol. The smallest absolute Gasteiger partial charge is 0.230 e. The van der Waals surface area contributed by atoms with E-state index >= 15 is 0 Å². The highest BCUT2D eigenvalue weighted by molar-refractivity contribution is 6.31. The first-order valence-electron chi connectivity index (χ1n) is 5.42. The molecule has 19 heavy (non-hydrogen) atoms. The van der Waals surface area contributed by atoms with Crippen molar-refractivity contribution in [3.05, 3.63) is 47.6 Å². The van der Waals surface area contributed by atoms with Crippen LogP contribution in [-0.2, 0) is 0 Å². The van der Waals surface area contributed by atoms with Crippen molar-refractivity contribution in [1.82, 2.24) is 5.16 Å². The number of benzene rings is 1. The van der Waals surface area contributed by atoms with Crippen molar-refractivity contribution in [3.63, 3.8) is 0 Å². The predicted octanol–water partition coefficient (Wildman–Crippen LogP) is 3.98. The summed E-state index contributed by atoms with van der Waals surface area (Å²) in [6.07, 6.45) is 1.41. The van der Waals surface area contributed by atoms with Gasteiger partial charge in [-0.15, -0.1) is 0 Å². The number of anilines is 1. The molecule has 4 nitrogen and oxygen atoms in total. The molecule has 0 atom stereocenters. The standard InChI is InChI=1S/C13H8ClFN2O2/c14-12-8(5-6-18-12)11-10(13(16)19-17-11)7-3-1-2-4-9(7)15/h1-6H,16H2. The second kappa shape index (κ2) is 4.44. The normalized spacial score (nSPS) is 10.8. The van der Waals surface area contributed by atoms with E-state index in [1.807, 2.05) is 0 Å². The lowest BCUT2D eigenvalue weighted by Gasteiger charge is -2.02. The molecule has 0 bridgehead atoms. The lowest BCUT2D eigenvalue weighted by molar-refractivity contribution is 0.439. The second-order valence-electron chi connectivity index (χ2n) is 3.86. The molecule has 0 radical (unpaired) electrons. The van der Waals surface area contributed by atoms with Gasteiger partial charge < -0.3 is 14.7 Å². The van der Waals surface area contributed by atoms with Gasteiger partial charge in [-0.3, -0.25) is 0 Å². The van der Waals surface area contributed by atoms with E-state index < -0.39 is 5.82 Å². The van der Waals surface area contributed by atoms with Crippen molar-refractivity contribution in [2.45, 2.75) is 0 Å². The average molecular weight is 279 g/mol. The monoisotopic (exact) mass is 278 g/mol. The topological polar surface area (TPSA) is 65.2 Å². The van der Waals surface area contributed by atoms with Crippen molar-refractivity contribution in [2.75, 3.05) is 5.73 Å². The van der Waals surface area contributed by atoms with E-state index in [4.69, 9.17) is 26.3 Å². The molecule has 6 heteroatoms. The van der Waals surface area contributed by atoms with Crippen molar-refractivity contribution in [3.8, 4) is 22.4 Å². The molecule has 0 spiro atoms. The first-order valence-corrected chi connectivity index (χ1v) is 5.79. The molecule has 0 saturated heterocycles. The lowest BCUT2D eigenvalue weighted by atomic mass is 10.0. The van der Waals surface area contributed by atoms with Gasteiger partial charge in [-0.05, 0) is 23.7 Å². The Kier molecular flexibility index (Phi) is 2.76. The number of nitrogens with zero attached hydrogens (tertiary/aromatic N) is 1. The minimum atomic E-state index is -0.418. The molecule has 96 valence electrons. The predicted molar refractivity (Wildman–Crippen MR) is 69.0 cm³/mol. The van der Waals surface area contributed by atoms with Gasteiger partial charge in [-0.1, -0.05) is 23.4 Å². The number of hydrogen-bond acceptors (Lipinski definition) is 4.